The molecule has 0 aliphatic carbocycles. The maximum absolute atomic E-state index is 12.6. The van der Waals surface area contributed by atoms with Crippen LogP contribution in [0.4, 0.5) is 0 Å². The Kier molecular flexibility index (Phi) is 2.03. The third-order valence-corrected chi connectivity index (χ3v) is 3.99. The van der Waals surface area contributed by atoms with Gasteiger partial charge < -0.3 is 0 Å². The Morgan fingerprint density at radius 1 is 0.476 bits per heavy atom. The monoisotopic (exact) mass is 278 g/mol. The van der Waals surface area contributed by atoms with Crippen molar-refractivity contribution in [2.24, 2.45) is 0 Å². The van der Waals surface area contributed by atoms with E-state index < -0.39 is 28.1 Å². The maximum Gasteiger partial charge on any atom is 0.370 e. The molecule has 21 heavy (non-hydrogen) atoms. The lowest BCUT2D eigenvalue weighted by Gasteiger charge is -2.16. The minimum Gasteiger partial charge on any atom is -0.224 e. The van der Waals surface area contributed by atoms with Crippen molar-refractivity contribution in [3.05, 3.63) is 70.8 Å². The van der Waals surface area contributed by atoms with Gasteiger partial charge in [0.25, 0.3) is 0 Å². The highest BCUT2D eigenvalue weighted by Gasteiger charge is 2.69. The summed E-state index contributed by atoms with van der Waals surface area (Å²) in [6.07, 6.45) is 0. The zero-order valence-corrected chi connectivity index (χ0v) is 10.7. The number of carbonyl (C=O) groups excluding carboxylic acids is 4. The van der Waals surface area contributed by atoms with E-state index in [0.29, 0.717) is 0 Å². The van der Waals surface area contributed by atoms with Crippen LogP contribution < -0.4 is 0 Å². The summed E-state index contributed by atoms with van der Waals surface area (Å²) < 4.78 is -1.39. The minimum atomic E-state index is -1.39. The van der Waals surface area contributed by atoms with Crippen molar-refractivity contribution in [3.63, 3.8) is 0 Å². The van der Waals surface area contributed by atoms with Crippen LogP contribution in [0.3, 0.4) is 0 Å². The molecule has 0 saturated carbocycles. The molecule has 2 aliphatic rings. The molecule has 5 heteroatoms. The predicted molar refractivity (Wildman–Crippen MR) is 70.5 cm³/mol. The van der Waals surface area contributed by atoms with Gasteiger partial charge in [0, 0.05) is 0 Å². The average Bonchev–Trinajstić information content (AvgIpc) is 2.89. The first-order chi connectivity index (χ1) is 10.1. The Labute approximate surface area is 119 Å². The molecule has 0 saturated heterocycles. The van der Waals surface area contributed by atoms with E-state index in [1.807, 2.05) is 0 Å². The van der Waals surface area contributed by atoms with Crippen molar-refractivity contribution in [2.45, 2.75) is 0 Å². The van der Waals surface area contributed by atoms with Gasteiger partial charge in [0.05, 0.1) is 22.3 Å². The van der Waals surface area contributed by atoms with Crippen molar-refractivity contribution < 1.29 is 23.7 Å². The number of carbonyl (C=O) groups is 4. The van der Waals surface area contributed by atoms with Crippen LogP contribution in [-0.2, 0) is 0 Å². The number of imide groups is 6. The highest BCUT2D eigenvalue weighted by molar-refractivity contribution is 6.33. The summed E-state index contributed by atoms with van der Waals surface area (Å²) in [5.41, 5.74) is 0.489. The molecule has 2 aromatic carbocycles. The second-order valence-electron chi connectivity index (χ2n) is 4.98. The standard InChI is InChI=1S/C16H8NO4/c18-13-9-5-1-2-6-10(9)14(19)17(13)15(20)11-7-3-4-8-12(11)16(17)21/h1-8H/q+1. The normalized spacial score (nSPS) is 18.3. The Morgan fingerprint density at radius 3 is 0.952 bits per heavy atom. The molecule has 0 N–H and O–H groups in total. The van der Waals surface area contributed by atoms with Crippen molar-refractivity contribution in [1.29, 1.82) is 0 Å². The first kappa shape index (κ1) is 11.9. The third-order valence-electron chi connectivity index (χ3n) is 3.99. The van der Waals surface area contributed by atoms with Crippen LogP contribution in [0.5, 0.6) is 0 Å². The van der Waals surface area contributed by atoms with E-state index in [4.69, 9.17) is 0 Å². The highest BCUT2D eigenvalue weighted by Crippen LogP contribution is 2.39. The van der Waals surface area contributed by atoms with Crippen LogP contribution in [0.25, 0.3) is 0 Å². The molecule has 0 unspecified atom stereocenters. The summed E-state index contributed by atoms with van der Waals surface area (Å²) in [6.45, 7) is 0. The summed E-state index contributed by atoms with van der Waals surface area (Å²) in [5, 5.41) is 0. The second-order valence-corrected chi connectivity index (χ2v) is 4.98. The fourth-order valence-corrected chi connectivity index (χ4v) is 2.99. The van der Waals surface area contributed by atoms with Crippen LogP contribution in [0.2, 0.25) is 0 Å². The van der Waals surface area contributed by atoms with Gasteiger partial charge in [-0.05, 0) is 24.3 Å². The Balaban J connectivity index is 2.04. The Bertz CT molecular complexity index is 734. The SMILES string of the molecule is O=C1c2ccccc2C(=O)[N+]12C(=O)c1ccccc1C2=O. The van der Waals surface area contributed by atoms with Crippen LogP contribution in [0.1, 0.15) is 41.4 Å². The summed E-state index contributed by atoms with van der Waals surface area (Å²) in [7, 11) is 0. The first-order valence-electron chi connectivity index (χ1n) is 6.37. The van der Waals surface area contributed by atoms with Crippen molar-refractivity contribution in [1.82, 2.24) is 0 Å². The van der Waals surface area contributed by atoms with E-state index >= 15 is 0 Å². The number of rotatable bonds is 0. The van der Waals surface area contributed by atoms with Crippen LogP contribution >= 0.6 is 0 Å². The number of fused-ring (bicyclic) bond motifs is 2. The first-order valence-corrected chi connectivity index (χ1v) is 6.37. The molecule has 4 rings (SSSR count). The topological polar surface area (TPSA) is 68.3 Å². The van der Waals surface area contributed by atoms with E-state index in [0.717, 1.165) is 0 Å². The van der Waals surface area contributed by atoms with Gasteiger partial charge >= 0.3 is 23.6 Å². The van der Waals surface area contributed by atoms with Gasteiger partial charge in [0.15, 0.2) is 0 Å². The van der Waals surface area contributed by atoms with E-state index in [1.54, 1.807) is 24.3 Å². The second kappa shape index (κ2) is 3.59. The van der Waals surface area contributed by atoms with Crippen molar-refractivity contribution in [2.75, 3.05) is 0 Å². The van der Waals surface area contributed by atoms with Gasteiger partial charge in [-0.25, -0.2) is 19.2 Å². The average molecular weight is 278 g/mol. The van der Waals surface area contributed by atoms with E-state index in [-0.39, 0.29) is 22.3 Å². The lowest BCUT2D eigenvalue weighted by atomic mass is 10.1. The number of amides is 4. The molecule has 2 aromatic rings. The zero-order chi connectivity index (χ0) is 14.8. The lowest BCUT2D eigenvalue weighted by molar-refractivity contribution is -0.580. The van der Waals surface area contributed by atoms with E-state index in [9.17, 15) is 19.2 Å². The van der Waals surface area contributed by atoms with Crippen LogP contribution in [-0.4, -0.2) is 28.1 Å². The predicted octanol–water partition coefficient (Wildman–Crippen LogP) is 1.79. The van der Waals surface area contributed by atoms with Crippen molar-refractivity contribution >= 4 is 23.6 Å². The third kappa shape index (κ3) is 1.11. The van der Waals surface area contributed by atoms with Gasteiger partial charge in [-0.2, -0.15) is 0 Å². The van der Waals surface area contributed by atoms with Gasteiger partial charge in [-0.1, -0.05) is 28.7 Å². The van der Waals surface area contributed by atoms with Gasteiger partial charge in [0.1, 0.15) is 0 Å². The molecule has 5 nitrogen and oxygen atoms in total. The molecule has 0 atom stereocenters. The Morgan fingerprint density at radius 2 is 0.714 bits per heavy atom. The summed E-state index contributed by atoms with van der Waals surface area (Å²) >= 11 is 0. The molecule has 4 amide bonds. The summed E-state index contributed by atoms with van der Waals surface area (Å²) in [6, 6.07) is 12.3. The molecule has 0 aromatic heterocycles. The fourth-order valence-electron chi connectivity index (χ4n) is 2.99. The number of hydrogen-bond acceptors (Lipinski definition) is 4. The van der Waals surface area contributed by atoms with Crippen molar-refractivity contribution in [3.8, 4) is 0 Å². The molecular weight excluding hydrogens is 270 g/mol. The van der Waals surface area contributed by atoms with Crippen LogP contribution in [0.15, 0.2) is 48.5 Å². The summed E-state index contributed by atoms with van der Waals surface area (Å²) in [4.78, 5) is 50.5. The largest absolute Gasteiger partial charge is 0.370 e. The van der Waals surface area contributed by atoms with Gasteiger partial charge in [0.2, 0.25) is 0 Å². The van der Waals surface area contributed by atoms with Crippen LogP contribution in [0, 0.1) is 0 Å². The fraction of sp³-hybridized carbons (Fsp3) is 0. The van der Waals surface area contributed by atoms with E-state index in [2.05, 4.69) is 0 Å². The number of hydrogen-bond donors (Lipinski definition) is 0. The van der Waals surface area contributed by atoms with Gasteiger partial charge in [-0.3, -0.25) is 0 Å². The molecular formula is C16H8NO4+. The summed E-state index contributed by atoms with van der Waals surface area (Å²) in [5.74, 6) is -3.05. The van der Waals surface area contributed by atoms with Gasteiger partial charge in [-0.15, -0.1) is 0 Å². The molecule has 100 valence electrons. The minimum absolute atomic E-state index is 0.122. The van der Waals surface area contributed by atoms with E-state index in [1.165, 1.54) is 24.3 Å². The molecule has 2 aliphatic heterocycles. The maximum atomic E-state index is 12.6. The molecule has 1 spiro atoms. The Hall–Kier alpha value is -2.92. The molecule has 0 bridgehead atoms. The highest BCUT2D eigenvalue weighted by atomic mass is 16.2. The number of quaternary nitrogens is 1. The molecule has 0 fully saturated rings. The smallest absolute Gasteiger partial charge is 0.224 e. The molecule has 2 heterocycles. The lowest BCUT2D eigenvalue weighted by Crippen LogP contribution is -2.57. The number of benzene rings is 2. The number of nitrogens with zero attached hydrogens (tertiary/aromatic N) is 1. The zero-order valence-electron chi connectivity index (χ0n) is 10.7. The quantitative estimate of drug-likeness (QED) is 0.544. The molecule has 0 radical (unpaired) electrons.